The van der Waals surface area contributed by atoms with Gasteiger partial charge in [-0.15, -0.1) is 0 Å². The largest absolute Gasteiger partial charge is 0.373 e. The van der Waals surface area contributed by atoms with Gasteiger partial charge in [0.1, 0.15) is 0 Å². The van der Waals surface area contributed by atoms with Crippen LogP contribution in [0.15, 0.2) is 0 Å². The number of nitrogens with zero attached hydrogens (tertiary/aromatic N) is 1. The zero-order valence-corrected chi connectivity index (χ0v) is 13.1. The lowest BCUT2D eigenvalue weighted by atomic mass is 9.89. The maximum atomic E-state index is 11.7. The van der Waals surface area contributed by atoms with Crippen LogP contribution < -0.4 is 4.72 Å². The highest BCUT2D eigenvalue weighted by Crippen LogP contribution is 2.38. The van der Waals surface area contributed by atoms with Crippen LogP contribution in [0.25, 0.3) is 0 Å². The molecule has 0 aromatic rings. The van der Waals surface area contributed by atoms with Crippen molar-refractivity contribution in [3.63, 3.8) is 0 Å². The number of rotatable bonds is 4. The van der Waals surface area contributed by atoms with E-state index in [1.54, 1.807) is 6.92 Å². The van der Waals surface area contributed by atoms with Crippen molar-refractivity contribution in [3.8, 4) is 0 Å². The second kappa shape index (κ2) is 5.55. The second-order valence-corrected chi connectivity index (χ2v) is 8.59. The first-order chi connectivity index (χ1) is 9.52. The Kier molecular flexibility index (Phi) is 4.10. The maximum Gasteiger partial charge on any atom is 0.211 e. The van der Waals surface area contributed by atoms with E-state index in [1.807, 2.05) is 0 Å². The van der Waals surface area contributed by atoms with Crippen LogP contribution in [0.2, 0.25) is 0 Å². The summed E-state index contributed by atoms with van der Waals surface area (Å²) in [5, 5.41) is 0. The Labute approximate surface area is 122 Å². The van der Waals surface area contributed by atoms with E-state index < -0.39 is 10.0 Å². The fourth-order valence-corrected chi connectivity index (χ4v) is 4.56. The number of nitrogens with one attached hydrogen (secondary N) is 1. The fraction of sp³-hybridized carbons (Fsp3) is 1.00. The molecule has 2 atom stereocenters. The average Bonchev–Trinajstić information content (AvgIpc) is 2.70. The molecule has 3 fully saturated rings. The molecule has 2 heterocycles. The quantitative estimate of drug-likeness (QED) is 0.845. The van der Waals surface area contributed by atoms with Gasteiger partial charge in [-0.2, -0.15) is 0 Å². The van der Waals surface area contributed by atoms with E-state index >= 15 is 0 Å². The van der Waals surface area contributed by atoms with Gasteiger partial charge in [0.25, 0.3) is 0 Å². The Hall–Kier alpha value is -0.170. The molecule has 20 heavy (non-hydrogen) atoms. The summed E-state index contributed by atoms with van der Waals surface area (Å²) in [5.74, 6) is 0.158. The lowest BCUT2D eigenvalue weighted by molar-refractivity contribution is -0.0808. The zero-order valence-electron chi connectivity index (χ0n) is 12.3. The van der Waals surface area contributed by atoms with Gasteiger partial charge in [0.15, 0.2) is 0 Å². The summed E-state index contributed by atoms with van der Waals surface area (Å²) in [4.78, 5) is 2.56. The van der Waals surface area contributed by atoms with Crippen LogP contribution in [0.5, 0.6) is 0 Å². The van der Waals surface area contributed by atoms with Crippen molar-refractivity contribution >= 4 is 10.0 Å². The SMILES string of the molecule is CCS(=O)(=O)N[C@H]1CCO[C@]2(CCN(C3CCC3)C2)C1. The Bertz CT molecular complexity index is 449. The van der Waals surface area contributed by atoms with Crippen molar-refractivity contribution < 1.29 is 13.2 Å². The summed E-state index contributed by atoms with van der Waals surface area (Å²) in [7, 11) is -3.11. The summed E-state index contributed by atoms with van der Waals surface area (Å²) in [5.41, 5.74) is -0.102. The van der Waals surface area contributed by atoms with Gasteiger partial charge in [0.2, 0.25) is 10.0 Å². The van der Waals surface area contributed by atoms with E-state index in [4.69, 9.17) is 4.74 Å². The summed E-state index contributed by atoms with van der Waals surface area (Å²) >= 11 is 0. The molecule has 0 unspecified atom stereocenters. The van der Waals surface area contributed by atoms with E-state index in [2.05, 4.69) is 9.62 Å². The third-order valence-electron chi connectivity index (χ3n) is 5.16. The molecule has 1 N–H and O–H groups in total. The molecule has 3 rings (SSSR count). The summed E-state index contributed by atoms with van der Waals surface area (Å²) in [6.07, 6.45) is 6.67. The number of likely N-dealkylation sites (tertiary alicyclic amines) is 1. The van der Waals surface area contributed by atoms with Crippen molar-refractivity contribution in [1.82, 2.24) is 9.62 Å². The third-order valence-corrected chi connectivity index (χ3v) is 6.61. The molecule has 0 radical (unpaired) electrons. The minimum atomic E-state index is -3.11. The molecule has 1 spiro atoms. The monoisotopic (exact) mass is 302 g/mol. The smallest absolute Gasteiger partial charge is 0.211 e. The Morgan fingerprint density at radius 3 is 2.80 bits per heavy atom. The molecule has 2 aliphatic heterocycles. The summed E-state index contributed by atoms with van der Waals surface area (Å²) in [6, 6.07) is 0.806. The standard InChI is InChI=1S/C14H26N2O3S/c1-2-20(17,18)15-12-6-9-19-14(10-12)7-8-16(11-14)13-4-3-5-13/h12-13,15H,2-11H2,1H3/t12-,14+/m0/s1. The number of hydrogen-bond donors (Lipinski definition) is 1. The lowest BCUT2D eigenvalue weighted by Gasteiger charge is -2.40. The highest BCUT2D eigenvalue weighted by Gasteiger charge is 2.45. The fourth-order valence-electron chi connectivity index (χ4n) is 3.69. The van der Waals surface area contributed by atoms with E-state index in [9.17, 15) is 8.42 Å². The van der Waals surface area contributed by atoms with Gasteiger partial charge in [-0.05, 0) is 39.0 Å². The van der Waals surface area contributed by atoms with Gasteiger partial charge in [-0.25, -0.2) is 13.1 Å². The topological polar surface area (TPSA) is 58.6 Å². The van der Waals surface area contributed by atoms with Crippen LogP contribution in [0, 0.1) is 0 Å². The minimum Gasteiger partial charge on any atom is -0.373 e. The average molecular weight is 302 g/mol. The molecule has 116 valence electrons. The number of sulfonamides is 1. The third kappa shape index (κ3) is 3.03. The van der Waals surface area contributed by atoms with Crippen molar-refractivity contribution in [2.75, 3.05) is 25.4 Å². The zero-order chi connectivity index (χ0) is 14.2. The molecular formula is C14H26N2O3S. The molecule has 0 aromatic carbocycles. The molecule has 2 saturated heterocycles. The highest BCUT2D eigenvalue weighted by atomic mass is 32.2. The first-order valence-electron chi connectivity index (χ1n) is 7.90. The van der Waals surface area contributed by atoms with Gasteiger partial charge in [0, 0.05) is 31.8 Å². The van der Waals surface area contributed by atoms with Crippen LogP contribution in [0.3, 0.4) is 0 Å². The summed E-state index contributed by atoms with van der Waals surface area (Å²) in [6.45, 7) is 4.46. The van der Waals surface area contributed by atoms with Crippen LogP contribution in [0.4, 0.5) is 0 Å². The van der Waals surface area contributed by atoms with Crippen molar-refractivity contribution in [1.29, 1.82) is 0 Å². The molecule has 1 aliphatic carbocycles. The van der Waals surface area contributed by atoms with Gasteiger partial charge in [-0.1, -0.05) is 6.42 Å². The highest BCUT2D eigenvalue weighted by molar-refractivity contribution is 7.89. The molecule has 5 nitrogen and oxygen atoms in total. The van der Waals surface area contributed by atoms with Crippen molar-refractivity contribution in [2.45, 2.75) is 63.1 Å². The predicted octanol–water partition coefficient (Wildman–Crippen LogP) is 1.10. The molecule has 6 heteroatoms. The minimum absolute atomic E-state index is 0.0510. The molecule has 1 saturated carbocycles. The van der Waals surface area contributed by atoms with Crippen molar-refractivity contribution in [2.24, 2.45) is 0 Å². The van der Waals surface area contributed by atoms with Gasteiger partial charge in [-0.3, -0.25) is 4.90 Å². The van der Waals surface area contributed by atoms with Crippen LogP contribution in [-0.2, 0) is 14.8 Å². The first-order valence-corrected chi connectivity index (χ1v) is 9.55. The number of hydrogen-bond acceptors (Lipinski definition) is 4. The van der Waals surface area contributed by atoms with Gasteiger partial charge >= 0.3 is 0 Å². The van der Waals surface area contributed by atoms with E-state index in [0.29, 0.717) is 6.61 Å². The molecule has 0 bridgehead atoms. The van der Waals surface area contributed by atoms with Crippen LogP contribution >= 0.6 is 0 Å². The van der Waals surface area contributed by atoms with Crippen LogP contribution in [-0.4, -0.2) is 56.5 Å². The predicted molar refractivity (Wildman–Crippen MR) is 78.1 cm³/mol. The molecule has 0 aromatic heterocycles. The molecule has 3 aliphatic rings. The van der Waals surface area contributed by atoms with E-state index in [0.717, 1.165) is 38.4 Å². The van der Waals surface area contributed by atoms with E-state index in [1.165, 1.54) is 19.3 Å². The molecule has 0 amide bonds. The number of ether oxygens (including phenoxy) is 1. The second-order valence-electron chi connectivity index (χ2n) is 6.55. The van der Waals surface area contributed by atoms with Crippen molar-refractivity contribution in [3.05, 3.63) is 0 Å². The van der Waals surface area contributed by atoms with Gasteiger partial charge < -0.3 is 4.74 Å². The van der Waals surface area contributed by atoms with E-state index in [-0.39, 0.29) is 17.4 Å². The lowest BCUT2D eigenvalue weighted by Crippen LogP contribution is -2.51. The maximum absolute atomic E-state index is 11.7. The summed E-state index contributed by atoms with van der Waals surface area (Å²) < 4.78 is 32.4. The van der Waals surface area contributed by atoms with Crippen LogP contribution in [0.1, 0.15) is 45.4 Å². The van der Waals surface area contributed by atoms with Gasteiger partial charge in [0.05, 0.1) is 11.4 Å². The molecular weight excluding hydrogens is 276 g/mol. The Morgan fingerprint density at radius 2 is 2.15 bits per heavy atom. The normalized spacial score (nSPS) is 36.4. The Balaban J connectivity index is 1.60. The first kappa shape index (κ1) is 14.8. The Morgan fingerprint density at radius 1 is 1.35 bits per heavy atom.